The fraction of sp³-hybridized carbons (Fsp3) is 0.479. The van der Waals surface area contributed by atoms with Crippen molar-refractivity contribution in [2.24, 2.45) is 0 Å². The number of amides is 4. The van der Waals surface area contributed by atoms with Gasteiger partial charge in [0.15, 0.2) is 0 Å². The molecule has 0 unspecified atom stereocenters. The number of imide groups is 1. The lowest BCUT2D eigenvalue weighted by atomic mass is 9.84. The van der Waals surface area contributed by atoms with E-state index in [4.69, 9.17) is 19.4 Å². The van der Waals surface area contributed by atoms with Crippen molar-refractivity contribution in [2.75, 3.05) is 59.5 Å². The number of carboxylic acids is 1. The van der Waals surface area contributed by atoms with Crippen LogP contribution in [0, 0.1) is 13.8 Å². The maximum atomic E-state index is 15.1. The van der Waals surface area contributed by atoms with Crippen LogP contribution < -0.4 is 5.32 Å². The first-order valence-electron chi connectivity index (χ1n) is 22.1. The van der Waals surface area contributed by atoms with Gasteiger partial charge in [0, 0.05) is 98.5 Å². The lowest BCUT2D eigenvalue weighted by Gasteiger charge is -2.31. The van der Waals surface area contributed by atoms with Crippen LogP contribution in [0.2, 0.25) is 0 Å². The molecule has 16 heteroatoms. The summed E-state index contributed by atoms with van der Waals surface area (Å²) in [4.78, 5) is 90.0. The number of aromatic amines is 2. The molecule has 0 radical (unpaired) electrons. The highest BCUT2D eigenvalue weighted by atomic mass is 16.6. The number of aryl methyl sites for hydroxylation is 2. The van der Waals surface area contributed by atoms with E-state index in [1.165, 1.54) is 4.90 Å². The average molecular weight is 877 g/mol. The first kappa shape index (κ1) is 45.9. The van der Waals surface area contributed by atoms with E-state index in [0.717, 1.165) is 22.8 Å². The van der Waals surface area contributed by atoms with Crippen LogP contribution in [0.5, 0.6) is 0 Å². The molecule has 4 N–H and O–H groups in total. The number of nitrogens with one attached hydrogen (secondary N) is 3. The Kier molecular flexibility index (Phi) is 13.3. The molecule has 16 nitrogen and oxygen atoms in total. The quantitative estimate of drug-likeness (QED) is 0.108. The van der Waals surface area contributed by atoms with Gasteiger partial charge in [0.1, 0.15) is 5.60 Å². The molecule has 8 bridgehead atoms. The van der Waals surface area contributed by atoms with E-state index in [1.54, 1.807) is 38.8 Å². The molecule has 4 amide bonds. The Morgan fingerprint density at radius 3 is 2.34 bits per heavy atom. The van der Waals surface area contributed by atoms with Crippen molar-refractivity contribution < 1.29 is 38.6 Å². The summed E-state index contributed by atoms with van der Waals surface area (Å²) in [5.41, 5.74) is 9.18. The number of fused-ring (bicyclic) bond motifs is 8. The highest BCUT2D eigenvalue weighted by Crippen LogP contribution is 2.44. The third-order valence-electron chi connectivity index (χ3n) is 12.7. The first-order chi connectivity index (χ1) is 30.4. The highest BCUT2D eigenvalue weighted by Gasteiger charge is 2.41. The number of aromatic nitrogens is 4. The molecule has 7 rings (SSSR count). The summed E-state index contributed by atoms with van der Waals surface area (Å²) < 4.78 is 10.9. The Labute approximate surface area is 373 Å². The Morgan fingerprint density at radius 1 is 0.969 bits per heavy atom. The number of H-pyrrole nitrogens is 2. The number of nitrogens with zero attached hydrogens (tertiary/aromatic N) is 5. The molecule has 3 aromatic rings. The number of carbonyl (C=O) groups excluding carboxylic acids is 4. The van der Waals surface area contributed by atoms with Crippen LogP contribution in [-0.2, 0) is 19.1 Å². The summed E-state index contributed by atoms with van der Waals surface area (Å²) in [6.07, 6.45) is 3.26. The Morgan fingerprint density at radius 2 is 1.66 bits per heavy atom. The summed E-state index contributed by atoms with van der Waals surface area (Å²) in [7, 11) is 1.68. The Hall–Kier alpha value is -6.13. The summed E-state index contributed by atoms with van der Waals surface area (Å²) in [6, 6.07) is 5.80. The van der Waals surface area contributed by atoms with Crippen LogP contribution in [-0.4, -0.2) is 135 Å². The molecule has 1 fully saturated rings. The van der Waals surface area contributed by atoms with Crippen molar-refractivity contribution in [3.05, 3.63) is 74.9 Å². The molecule has 340 valence electrons. The minimum atomic E-state index is -1.08. The van der Waals surface area contributed by atoms with Gasteiger partial charge in [0.25, 0.3) is 11.8 Å². The minimum absolute atomic E-state index is 0.121. The molecule has 64 heavy (non-hydrogen) atoms. The standard InChI is InChI=1S/C48H60N8O8/c1-10-30-26(2)34-24-38-31(12-14-40(58)59)27(3)33(51-38)23-35-28(4)32(11-13-39(57)54(9)16-15-49-47(62)64-48(6,7)8)43(52-35)42-44-41(29(5)36(53-44)25-37(30)50-34)45(60)56(46(42)61)18-17-55-19-21-63-22-20-55/h12,14,23-25,28,32,51,53H,10-11,13,15-22H2,1-9H3,(H,49,62)(H,58,59)/b14-12-,33-23?,34-24?,35-23?,36-25?,37-25?,38-24?,43-42?/t28-,32-/m0/s1. The lowest BCUT2D eigenvalue weighted by Crippen LogP contribution is -2.47. The van der Waals surface area contributed by atoms with Crippen molar-refractivity contribution in [1.29, 1.82) is 0 Å². The number of allylic oxidation sites excluding steroid dienone is 2. The van der Waals surface area contributed by atoms with Crippen LogP contribution in [0.3, 0.4) is 0 Å². The zero-order valence-electron chi connectivity index (χ0n) is 38.4. The van der Waals surface area contributed by atoms with E-state index < -0.39 is 29.5 Å². The van der Waals surface area contributed by atoms with Gasteiger partial charge < -0.3 is 34.8 Å². The van der Waals surface area contributed by atoms with Gasteiger partial charge in [-0.2, -0.15) is 0 Å². The van der Waals surface area contributed by atoms with Gasteiger partial charge in [-0.1, -0.05) is 13.8 Å². The number of rotatable bonds is 12. The first-order valence-corrected chi connectivity index (χ1v) is 22.1. The highest BCUT2D eigenvalue weighted by molar-refractivity contribution is 6.23. The van der Waals surface area contributed by atoms with E-state index in [-0.39, 0.29) is 43.8 Å². The van der Waals surface area contributed by atoms with Crippen molar-refractivity contribution in [1.82, 2.24) is 40.0 Å². The average Bonchev–Trinajstić information content (AvgIpc) is 3.91. The second-order valence-electron chi connectivity index (χ2n) is 18.0. The number of carbonyl (C=O) groups is 5. The number of ether oxygens (including phenoxy) is 2. The molecule has 2 atom stereocenters. The van der Waals surface area contributed by atoms with Crippen LogP contribution in [0.25, 0.3) is 39.3 Å². The summed E-state index contributed by atoms with van der Waals surface area (Å²) in [6.45, 7) is 18.9. The Bertz CT molecular complexity index is 2630. The number of likely N-dealkylation sites (N-methyl/N-ethyl adjacent to an activating group) is 1. The van der Waals surface area contributed by atoms with E-state index >= 15 is 4.79 Å². The smallest absolute Gasteiger partial charge is 0.407 e. The third kappa shape index (κ3) is 9.39. The maximum Gasteiger partial charge on any atom is 0.407 e. The Balaban J connectivity index is 1.40. The van der Waals surface area contributed by atoms with Gasteiger partial charge in [-0.3, -0.25) is 29.2 Å². The molecule has 4 aliphatic heterocycles. The van der Waals surface area contributed by atoms with E-state index in [9.17, 15) is 24.3 Å². The van der Waals surface area contributed by atoms with Gasteiger partial charge in [-0.25, -0.2) is 14.6 Å². The largest absolute Gasteiger partial charge is 0.478 e. The molecular formula is C48H60N8O8. The fourth-order valence-electron chi connectivity index (χ4n) is 9.02. The van der Waals surface area contributed by atoms with Crippen molar-refractivity contribution >= 4 is 69.1 Å². The van der Waals surface area contributed by atoms with Gasteiger partial charge in [0.2, 0.25) is 5.91 Å². The maximum absolute atomic E-state index is 15.1. The van der Waals surface area contributed by atoms with Crippen LogP contribution in [0.4, 0.5) is 4.79 Å². The second-order valence-corrected chi connectivity index (χ2v) is 18.0. The predicted octanol–water partition coefficient (Wildman–Crippen LogP) is 6.95. The van der Waals surface area contributed by atoms with Gasteiger partial charge in [-0.05, 0) is 101 Å². The summed E-state index contributed by atoms with van der Waals surface area (Å²) >= 11 is 0. The SMILES string of the molecule is CCC1=C(C)c2cc3[nH]c(cc4nc(c5c6[nH]c(cc1n2)c(C)c6C(=O)N(CCN1CCOCC1)C5=O)[C@@H](CCC(=O)N(C)CCNC(=O)OC(C)(C)C)[C@@H]4C)c(C)c3/C=C\C(=O)O. The predicted molar refractivity (Wildman–Crippen MR) is 245 cm³/mol. The second kappa shape index (κ2) is 18.5. The van der Waals surface area contributed by atoms with Gasteiger partial charge in [-0.15, -0.1) is 0 Å². The van der Waals surface area contributed by atoms with Crippen molar-refractivity contribution in [3.8, 4) is 0 Å². The molecule has 4 aliphatic rings. The molecule has 0 spiro atoms. The normalized spacial score (nSPS) is 18.0. The van der Waals surface area contributed by atoms with Crippen molar-refractivity contribution in [3.63, 3.8) is 0 Å². The molecule has 3 aromatic heterocycles. The topological polar surface area (TPSA) is 203 Å². The third-order valence-corrected chi connectivity index (χ3v) is 12.7. The molecule has 1 saturated heterocycles. The number of alkyl carbamates (subject to hydrolysis) is 1. The zero-order chi connectivity index (χ0) is 46.2. The van der Waals surface area contributed by atoms with Crippen LogP contribution in [0.15, 0.2) is 24.3 Å². The number of aliphatic carboxylic acids is 1. The van der Waals surface area contributed by atoms with E-state index in [2.05, 4.69) is 27.1 Å². The molecule has 0 aliphatic carbocycles. The number of hydrogen-bond acceptors (Lipinski definition) is 10. The lowest BCUT2D eigenvalue weighted by molar-refractivity contribution is -0.131. The number of hydrogen-bond donors (Lipinski definition) is 4. The van der Waals surface area contributed by atoms with Gasteiger partial charge >= 0.3 is 12.1 Å². The monoisotopic (exact) mass is 876 g/mol. The van der Waals surface area contributed by atoms with E-state index in [1.807, 2.05) is 45.9 Å². The molecule has 7 heterocycles. The number of morpholine rings is 1. The van der Waals surface area contributed by atoms with Crippen LogP contribution >= 0.6 is 0 Å². The van der Waals surface area contributed by atoms with Crippen molar-refractivity contribution in [2.45, 2.75) is 92.1 Å². The zero-order valence-corrected chi connectivity index (χ0v) is 38.4. The molecule has 0 saturated carbocycles. The molecular weight excluding hydrogens is 817 g/mol. The number of carboxylic acid groups (broad SMARTS) is 1. The van der Waals surface area contributed by atoms with Gasteiger partial charge in [0.05, 0.1) is 46.9 Å². The summed E-state index contributed by atoms with van der Waals surface area (Å²) in [5, 5.41) is 12.3. The van der Waals surface area contributed by atoms with Crippen LogP contribution in [0.1, 0.15) is 133 Å². The molecule has 0 aromatic carbocycles. The summed E-state index contributed by atoms with van der Waals surface area (Å²) in [5.74, 6) is -2.78. The van der Waals surface area contributed by atoms with E-state index in [0.29, 0.717) is 113 Å². The fourth-order valence-corrected chi connectivity index (χ4v) is 9.02. The minimum Gasteiger partial charge on any atom is -0.478 e.